The Labute approximate surface area is 162 Å². The fourth-order valence-electron chi connectivity index (χ4n) is 4.15. The molecule has 1 heteroatoms. The maximum Gasteiger partial charge on any atom is 0.221 e. The molecule has 0 unspecified atom stereocenters. The smallest absolute Gasteiger partial charge is 0.200 e. The second kappa shape index (κ2) is 6.49. The molecule has 3 aromatic carbocycles. The summed E-state index contributed by atoms with van der Waals surface area (Å²) in [4.78, 5) is 0. The zero-order chi connectivity index (χ0) is 19.2. The molecule has 0 aliphatic rings. The minimum absolute atomic E-state index is 0.294. The Morgan fingerprint density at radius 1 is 0.815 bits per heavy atom. The molecule has 0 bridgehead atoms. The minimum Gasteiger partial charge on any atom is -0.200 e. The van der Waals surface area contributed by atoms with Gasteiger partial charge in [-0.3, -0.25) is 0 Å². The van der Waals surface area contributed by atoms with Gasteiger partial charge in [-0.25, -0.2) is 4.57 Å². The van der Waals surface area contributed by atoms with Gasteiger partial charge in [0.15, 0.2) is 6.20 Å². The topological polar surface area (TPSA) is 3.88 Å². The Morgan fingerprint density at radius 3 is 2.37 bits per heavy atom. The molecule has 4 aromatic rings. The van der Waals surface area contributed by atoms with Crippen LogP contribution in [0.15, 0.2) is 66.9 Å². The van der Waals surface area contributed by atoms with Gasteiger partial charge >= 0.3 is 0 Å². The molecule has 1 aromatic heterocycles. The van der Waals surface area contributed by atoms with Gasteiger partial charge in [-0.2, -0.15) is 0 Å². The predicted molar refractivity (Wildman–Crippen MR) is 116 cm³/mol. The second-order valence-electron chi connectivity index (χ2n) is 8.91. The molecule has 0 aliphatic carbocycles. The molecular formula is C26H28N+. The highest BCUT2D eigenvalue weighted by Gasteiger charge is 2.20. The largest absolute Gasteiger partial charge is 0.221 e. The molecule has 4 rings (SSSR count). The van der Waals surface area contributed by atoms with Crippen molar-refractivity contribution >= 4 is 21.5 Å². The van der Waals surface area contributed by atoms with Crippen LogP contribution in [0.5, 0.6) is 0 Å². The average molecular weight is 355 g/mol. The van der Waals surface area contributed by atoms with Crippen molar-refractivity contribution in [2.24, 2.45) is 12.5 Å². The van der Waals surface area contributed by atoms with Crippen LogP contribution < -0.4 is 4.57 Å². The van der Waals surface area contributed by atoms with E-state index in [1.54, 1.807) is 0 Å². The van der Waals surface area contributed by atoms with Crippen LogP contribution in [0.4, 0.5) is 0 Å². The van der Waals surface area contributed by atoms with Crippen molar-refractivity contribution in [1.29, 1.82) is 0 Å². The summed E-state index contributed by atoms with van der Waals surface area (Å²) < 4.78 is 2.26. The van der Waals surface area contributed by atoms with Crippen LogP contribution in [0.2, 0.25) is 0 Å². The lowest BCUT2D eigenvalue weighted by atomic mass is 9.87. The number of nitrogens with zero attached hydrogens (tertiary/aromatic N) is 1. The van der Waals surface area contributed by atoms with E-state index >= 15 is 0 Å². The zero-order valence-electron chi connectivity index (χ0n) is 17.0. The molecule has 0 amide bonds. The lowest BCUT2D eigenvalue weighted by Gasteiger charge is -2.18. The summed E-state index contributed by atoms with van der Waals surface area (Å²) >= 11 is 0. The van der Waals surface area contributed by atoms with Gasteiger partial charge in [-0.15, -0.1) is 0 Å². The van der Waals surface area contributed by atoms with E-state index in [1.807, 2.05) is 0 Å². The standard InChI is InChI=1S/C26H28N/c1-18-10-12-20-8-6-7-9-22(20)24(18)25-23-13-11-19(17-26(2,3)4)16-21(23)14-15-27(25)5/h6-16H,17H2,1-5H3/q+1. The molecule has 0 N–H and O–H groups in total. The predicted octanol–water partition coefficient (Wildman–Crippen LogP) is 6.38. The fourth-order valence-corrected chi connectivity index (χ4v) is 4.15. The summed E-state index contributed by atoms with van der Waals surface area (Å²) in [5.74, 6) is 0. The minimum atomic E-state index is 0.294. The first-order valence-electron chi connectivity index (χ1n) is 9.73. The molecule has 0 saturated heterocycles. The lowest BCUT2D eigenvalue weighted by Crippen LogP contribution is -2.30. The highest BCUT2D eigenvalue weighted by molar-refractivity contribution is 6.04. The summed E-state index contributed by atoms with van der Waals surface area (Å²) in [6, 6.07) is 22.4. The number of hydrogen-bond acceptors (Lipinski definition) is 0. The molecule has 0 radical (unpaired) electrons. The van der Waals surface area contributed by atoms with E-state index in [0.717, 1.165) is 6.42 Å². The molecule has 0 fully saturated rings. The summed E-state index contributed by atoms with van der Waals surface area (Å²) in [7, 11) is 2.15. The molecule has 0 aliphatic heterocycles. The van der Waals surface area contributed by atoms with Crippen LogP contribution in [-0.4, -0.2) is 0 Å². The number of benzene rings is 3. The van der Waals surface area contributed by atoms with E-state index < -0.39 is 0 Å². The van der Waals surface area contributed by atoms with E-state index in [0.29, 0.717) is 5.41 Å². The van der Waals surface area contributed by atoms with E-state index in [1.165, 1.54) is 43.9 Å². The molecule has 1 heterocycles. The highest BCUT2D eigenvalue weighted by Crippen LogP contribution is 2.34. The Bertz CT molecular complexity index is 1150. The summed E-state index contributed by atoms with van der Waals surface area (Å²) in [5.41, 5.74) is 5.65. The third-order valence-electron chi connectivity index (χ3n) is 5.31. The molecule has 0 spiro atoms. The van der Waals surface area contributed by atoms with Gasteiger partial charge < -0.3 is 0 Å². The lowest BCUT2D eigenvalue weighted by molar-refractivity contribution is -0.659. The Morgan fingerprint density at radius 2 is 1.59 bits per heavy atom. The number of hydrogen-bond donors (Lipinski definition) is 0. The van der Waals surface area contributed by atoms with Gasteiger partial charge in [0.1, 0.15) is 7.05 Å². The van der Waals surface area contributed by atoms with Crippen molar-refractivity contribution in [3.05, 3.63) is 78.0 Å². The molecule has 0 saturated carbocycles. The Balaban J connectivity index is 2.00. The first-order chi connectivity index (χ1) is 12.8. The molecule has 1 nitrogen and oxygen atoms in total. The van der Waals surface area contributed by atoms with E-state index in [9.17, 15) is 0 Å². The van der Waals surface area contributed by atoms with Gasteiger partial charge in [0.25, 0.3) is 0 Å². The van der Waals surface area contributed by atoms with Gasteiger partial charge in [0.05, 0.1) is 10.9 Å². The maximum atomic E-state index is 2.37. The van der Waals surface area contributed by atoms with Crippen molar-refractivity contribution in [2.45, 2.75) is 34.1 Å². The van der Waals surface area contributed by atoms with Gasteiger partial charge in [0.2, 0.25) is 5.69 Å². The number of aromatic nitrogens is 1. The first-order valence-corrected chi connectivity index (χ1v) is 9.73. The number of pyridine rings is 1. The third kappa shape index (κ3) is 3.35. The molecular weight excluding hydrogens is 326 g/mol. The van der Waals surface area contributed by atoms with Gasteiger partial charge in [-0.1, -0.05) is 69.3 Å². The maximum absolute atomic E-state index is 2.37. The van der Waals surface area contributed by atoms with Crippen LogP contribution >= 0.6 is 0 Å². The van der Waals surface area contributed by atoms with Crippen molar-refractivity contribution < 1.29 is 4.57 Å². The number of rotatable bonds is 2. The van der Waals surface area contributed by atoms with Gasteiger partial charge in [-0.05, 0) is 52.1 Å². The number of fused-ring (bicyclic) bond motifs is 2. The van der Waals surface area contributed by atoms with Crippen LogP contribution in [0, 0.1) is 12.3 Å². The van der Waals surface area contributed by atoms with E-state index in [-0.39, 0.29) is 0 Å². The van der Waals surface area contributed by atoms with Crippen molar-refractivity contribution in [2.75, 3.05) is 0 Å². The van der Waals surface area contributed by atoms with Crippen LogP contribution in [0.25, 0.3) is 32.8 Å². The summed E-state index contributed by atoms with van der Waals surface area (Å²) in [5, 5.41) is 5.24. The Kier molecular flexibility index (Phi) is 4.26. The number of aryl methyl sites for hydroxylation is 2. The molecule has 0 atom stereocenters. The molecule has 27 heavy (non-hydrogen) atoms. The van der Waals surface area contributed by atoms with Crippen molar-refractivity contribution in [1.82, 2.24) is 0 Å². The van der Waals surface area contributed by atoms with Crippen LogP contribution in [-0.2, 0) is 13.5 Å². The van der Waals surface area contributed by atoms with E-state index in [4.69, 9.17) is 0 Å². The van der Waals surface area contributed by atoms with Crippen LogP contribution in [0.3, 0.4) is 0 Å². The van der Waals surface area contributed by atoms with Crippen molar-refractivity contribution in [3.8, 4) is 11.3 Å². The Hall–Kier alpha value is -2.67. The third-order valence-corrected chi connectivity index (χ3v) is 5.31. The second-order valence-corrected chi connectivity index (χ2v) is 8.91. The fraction of sp³-hybridized carbons (Fsp3) is 0.269. The zero-order valence-corrected chi connectivity index (χ0v) is 17.0. The van der Waals surface area contributed by atoms with Crippen LogP contribution in [0.1, 0.15) is 31.9 Å². The quantitative estimate of drug-likeness (QED) is 0.368. The highest BCUT2D eigenvalue weighted by atomic mass is 14.9. The van der Waals surface area contributed by atoms with E-state index in [2.05, 4.69) is 106 Å². The summed E-state index contributed by atoms with van der Waals surface area (Å²) in [6.45, 7) is 9.11. The average Bonchev–Trinajstić information content (AvgIpc) is 2.61. The first kappa shape index (κ1) is 17.7. The normalized spacial score (nSPS) is 12.0. The summed E-state index contributed by atoms with van der Waals surface area (Å²) in [6.07, 6.45) is 3.28. The SMILES string of the molecule is Cc1ccc2ccccc2c1-c1c2ccc(CC(C)(C)C)cc2cc[n+]1C. The monoisotopic (exact) mass is 354 g/mol. The van der Waals surface area contributed by atoms with Gasteiger partial charge in [0, 0.05) is 6.07 Å². The molecule has 136 valence electrons. The van der Waals surface area contributed by atoms with Crippen molar-refractivity contribution in [3.63, 3.8) is 0 Å².